The quantitative estimate of drug-likeness (QED) is 0.858. The number of hydrogen-bond donors (Lipinski definition) is 2. The van der Waals surface area contributed by atoms with E-state index in [2.05, 4.69) is 10.2 Å². The number of amides is 1. The van der Waals surface area contributed by atoms with E-state index >= 15 is 0 Å². The van der Waals surface area contributed by atoms with Crippen LogP contribution in [0.3, 0.4) is 0 Å². The molecule has 1 fully saturated rings. The second kappa shape index (κ2) is 5.81. The summed E-state index contributed by atoms with van der Waals surface area (Å²) in [6, 6.07) is 7.81. The zero-order valence-electron chi connectivity index (χ0n) is 12.3. The molecule has 1 atom stereocenters. The highest BCUT2D eigenvalue weighted by molar-refractivity contribution is 5.86. The molecule has 20 heavy (non-hydrogen) atoms. The number of hydrogen-bond acceptors (Lipinski definition) is 4. The molecule has 0 aliphatic carbocycles. The molecule has 1 amide bonds. The van der Waals surface area contributed by atoms with Gasteiger partial charge in [0.05, 0.1) is 18.7 Å². The van der Waals surface area contributed by atoms with Gasteiger partial charge in [-0.2, -0.15) is 0 Å². The first kappa shape index (κ1) is 14.8. The van der Waals surface area contributed by atoms with E-state index in [9.17, 15) is 4.79 Å². The Bertz CT molecular complexity index is 488. The molecule has 1 saturated heterocycles. The monoisotopic (exact) mass is 277 g/mol. The molecule has 5 heteroatoms. The van der Waals surface area contributed by atoms with E-state index in [0.717, 1.165) is 17.9 Å². The summed E-state index contributed by atoms with van der Waals surface area (Å²) in [5.74, 6) is 0.849. The summed E-state index contributed by atoms with van der Waals surface area (Å²) < 4.78 is 5.43. The minimum Gasteiger partial charge on any atom is -0.496 e. The van der Waals surface area contributed by atoms with Crippen LogP contribution in [0.15, 0.2) is 24.3 Å². The van der Waals surface area contributed by atoms with Crippen LogP contribution in [0.5, 0.6) is 5.75 Å². The van der Waals surface area contributed by atoms with Gasteiger partial charge in [-0.05, 0) is 19.9 Å². The summed E-state index contributed by atoms with van der Waals surface area (Å²) in [5, 5.41) is 2.91. The first-order valence-corrected chi connectivity index (χ1v) is 6.90. The Hall–Kier alpha value is -1.59. The van der Waals surface area contributed by atoms with Crippen LogP contribution in [0.2, 0.25) is 0 Å². The molecule has 0 aromatic heterocycles. The smallest absolute Gasteiger partial charge is 0.240 e. The van der Waals surface area contributed by atoms with Crippen molar-refractivity contribution < 1.29 is 9.53 Å². The van der Waals surface area contributed by atoms with Gasteiger partial charge in [-0.3, -0.25) is 9.69 Å². The van der Waals surface area contributed by atoms with Gasteiger partial charge in [-0.1, -0.05) is 18.2 Å². The molecule has 0 radical (unpaired) electrons. The van der Waals surface area contributed by atoms with Crippen LogP contribution in [-0.2, 0) is 4.79 Å². The highest BCUT2D eigenvalue weighted by Gasteiger charge is 2.41. The molecule has 3 N–H and O–H groups in total. The lowest BCUT2D eigenvalue weighted by molar-refractivity contribution is -0.137. The Morgan fingerprint density at radius 3 is 2.80 bits per heavy atom. The van der Waals surface area contributed by atoms with Gasteiger partial charge in [-0.15, -0.1) is 0 Å². The summed E-state index contributed by atoms with van der Waals surface area (Å²) in [5.41, 5.74) is 6.44. The van der Waals surface area contributed by atoms with Gasteiger partial charge < -0.3 is 15.8 Å². The topological polar surface area (TPSA) is 67.6 Å². The second-order valence-corrected chi connectivity index (χ2v) is 5.50. The number of nitrogens with one attached hydrogen (secondary N) is 1. The van der Waals surface area contributed by atoms with Gasteiger partial charge in [0.2, 0.25) is 5.91 Å². The number of piperazine rings is 1. The van der Waals surface area contributed by atoms with Crippen molar-refractivity contribution in [2.45, 2.75) is 25.4 Å². The minimum absolute atomic E-state index is 0.0350. The fourth-order valence-corrected chi connectivity index (χ4v) is 2.83. The van der Waals surface area contributed by atoms with E-state index in [4.69, 9.17) is 10.5 Å². The highest BCUT2D eigenvalue weighted by Crippen LogP contribution is 2.33. The van der Waals surface area contributed by atoms with Gasteiger partial charge >= 0.3 is 0 Å². The standard InChI is InChI=1S/C15H23N3O2/c1-15(2)14(19)17-8-9-18(15)12(10-16)11-6-4-5-7-13(11)20-3/h4-7,12H,8-10,16H2,1-3H3,(H,17,19). The van der Waals surface area contributed by atoms with Crippen molar-refractivity contribution in [2.24, 2.45) is 5.73 Å². The number of benzene rings is 1. The number of methoxy groups -OCH3 is 1. The molecular formula is C15H23N3O2. The third-order valence-electron chi connectivity index (χ3n) is 4.01. The Morgan fingerprint density at radius 2 is 2.15 bits per heavy atom. The zero-order chi connectivity index (χ0) is 14.8. The van der Waals surface area contributed by atoms with E-state index in [-0.39, 0.29) is 11.9 Å². The Morgan fingerprint density at radius 1 is 1.45 bits per heavy atom. The number of para-hydroxylation sites is 1. The maximum absolute atomic E-state index is 12.1. The number of nitrogens with two attached hydrogens (primary N) is 1. The van der Waals surface area contributed by atoms with Crippen molar-refractivity contribution in [3.05, 3.63) is 29.8 Å². The number of carbonyl (C=O) groups excluding carboxylic acids is 1. The molecule has 0 saturated carbocycles. The SMILES string of the molecule is COc1ccccc1C(CN)N1CCNC(=O)C1(C)C. The van der Waals surface area contributed by atoms with E-state index in [1.54, 1.807) is 7.11 Å². The molecular weight excluding hydrogens is 254 g/mol. The molecule has 1 aliphatic rings. The molecule has 0 spiro atoms. The van der Waals surface area contributed by atoms with E-state index in [1.165, 1.54) is 0 Å². The molecule has 110 valence electrons. The molecule has 0 bridgehead atoms. The van der Waals surface area contributed by atoms with Crippen LogP contribution in [0.25, 0.3) is 0 Å². The third kappa shape index (κ3) is 2.51. The molecule has 1 heterocycles. The molecule has 2 rings (SSSR count). The first-order valence-electron chi connectivity index (χ1n) is 6.90. The van der Waals surface area contributed by atoms with Crippen molar-refractivity contribution in [2.75, 3.05) is 26.7 Å². The lowest BCUT2D eigenvalue weighted by atomic mass is 9.93. The summed E-state index contributed by atoms with van der Waals surface area (Å²) in [4.78, 5) is 14.3. The van der Waals surface area contributed by atoms with Gasteiger partial charge in [0, 0.05) is 25.2 Å². The predicted molar refractivity (Wildman–Crippen MR) is 78.6 cm³/mol. The van der Waals surface area contributed by atoms with Crippen LogP contribution in [-0.4, -0.2) is 43.1 Å². The summed E-state index contributed by atoms with van der Waals surface area (Å²) in [6.07, 6.45) is 0. The van der Waals surface area contributed by atoms with Gasteiger partial charge in [0.15, 0.2) is 0 Å². The van der Waals surface area contributed by atoms with Crippen LogP contribution in [0.1, 0.15) is 25.5 Å². The maximum Gasteiger partial charge on any atom is 0.240 e. The molecule has 1 aromatic rings. The second-order valence-electron chi connectivity index (χ2n) is 5.50. The van der Waals surface area contributed by atoms with Crippen molar-refractivity contribution in [3.8, 4) is 5.75 Å². The minimum atomic E-state index is -0.580. The largest absolute Gasteiger partial charge is 0.496 e. The van der Waals surface area contributed by atoms with Gasteiger partial charge in [-0.25, -0.2) is 0 Å². The average Bonchev–Trinajstić information content (AvgIpc) is 2.45. The number of carbonyl (C=O) groups is 1. The number of rotatable bonds is 4. The van der Waals surface area contributed by atoms with Crippen LogP contribution in [0.4, 0.5) is 0 Å². The van der Waals surface area contributed by atoms with Crippen molar-refractivity contribution in [1.29, 1.82) is 0 Å². The Kier molecular flexibility index (Phi) is 4.30. The molecule has 1 unspecified atom stereocenters. The van der Waals surface area contributed by atoms with Crippen LogP contribution < -0.4 is 15.8 Å². The van der Waals surface area contributed by atoms with Crippen LogP contribution >= 0.6 is 0 Å². The number of nitrogens with zero attached hydrogens (tertiary/aromatic N) is 1. The van der Waals surface area contributed by atoms with Crippen molar-refractivity contribution >= 4 is 5.91 Å². The van der Waals surface area contributed by atoms with E-state index in [0.29, 0.717) is 13.1 Å². The summed E-state index contributed by atoms with van der Waals surface area (Å²) >= 11 is 0. The van der Waals surface area contributed by atoms with E-state index in [1.807, 2.05) is 38.1 Å². The van der Waals surface area contributed by atoms with Gasteiger partial charge in [0.1, 0.15) is 5.75 Å². The first-order chi connectivity index (χ1) is 9.52. The fraction of sp³-hybridized carbons (Fsp3) is 0.533. The zero-order valence-corrected chi connectivity index (χ0v) is 12.3. The van der Waals surface area contributed by atoms with E-state index < -0.39 is 5.54 Å². The van der Waals surface area contributed by atoms with Gasteiger partial charge in [0.25, 0.3) is 0 Å². The molecule has 5 nitrogen and oxygen atoms in total. The Balaban J connectivity index is 2.39. The number of ether oxygens (including phenoxy) is 1. The fourth-order valence-electron chi connectivity index (χ4n) is 2.83. The van der Waals surface area contributed by atoms with Crippen molar-refractivity contribution in [3.63, 3.8) is 0 Å². The average molecular weight is 277 g/mol. The summed E-state index contributed by atoms with van der Waals surface area (Å²) in [7, 11) is 1.65. The predicted octanol–water partition coefficient (Wildman–Crippen LogP) is 0.905. The lowest BCUT2D eigenvalue weighted by Crippen LogP contribution is -2.63. The third-order valence-corrected chi connectivity index (χ3v) is 4.01. The van der Waals surface area contributed by atoms with Crippen LogP contribution in [0, 0.1) is 0 Å². The molecule has 1 aliphatic heterocycles. The molecule has 1 aromatic carbocycles. The Labute approximate surface area is 120 Å². The highest BCUT2D eigenvalue weighted by atomic mass is 16.5. The lowest BCUT2D eigenvalue weighted by Gasteiger charge is -2.45. The van der Waals surface area contributed by atoms with Crippen molar-refractivity contribution in [1.82, 2.24) is 10.2 Å². The normalized spacial score (nSPS) is 20.3. The maximum atomic E-state index is 12.1. The summed E-state index contributed by atoms with van der Waals surface area (Å²) in [6.45, 7) is 5.72.